The summed E-state index contributed by atoms with van der Waals surface area (Å²) in [6.07, 6.45) is 7.15. The first-order chi connectivity index (χ1) is 9.11. The zero-order chi connectivity index (χ0) is 13.4. The third-order valence-corrected chi connectivity index (χ3v) is 5.43. The van der Waals surface area contributed by atoms with E-state index in [2.05, 4.69) is 24.5 Å². The summed E-state index contributed by atoms with van der Waals surface area (Å²) in [5.74, 6) is 4.43. The van der Waals surface area contributed by atoms with Crippen LogP contribution >= 0.6 is 0 Å². The van der Waals surface area contributed by atoms with E-state index in [-0.39, 0.29) is 5.91 Å². The summed E-state index contributed by atoms with van der Waals surface area (Å²) in [5.41, 5.74) is 0. The molecule has 0 unspecified atom stereocenters. The maximum atomic E-state index is 11.8. The maximum Gasteiger partial charge on any atom is 0.233 e. The Labute approximate surface area is 116 Å². The largest absolute Gasteiger partial charge is 0.355 e. The van der Waals surface area contributed by atoms with Crippen molar-refractivity contribution in [2.75, 3.05) is 13.1 Å². The number of hydrogen-bond donors (Lipinski definition) is 2. The second-order valence-electron chi connectivity index (χ2n) is 7.54. The Morgan fingerprint density at radius 1 is 1.05 bits per heavy atom. The zero-order valence-electron chi connectivity index (χ0n) is 12.3. The molecule has 0 aromatic carbocycles. The van der Waals surface area contributed by atoms with Gasteiger partial charge in [-0.05, 0) is 61.7 Å². The quantitative estimate of drug-likeness (QED) is 0.799. The van der Waals surface area contributed by atoms with Crippen LogP contribution in [0, 0.1) is 29.6 Å². The predicted molar refractivity (Wildman–Crippen MR) is 76.7 cm³/mol. The predicted octanol–water partition coefficient (Wildman–Crippen LogP) is 2.17. The fraction of sp³-hybridized carbons (Fsp3) is 0.938. The van der Waals surface area contributed by atoms with Gasteiger partial charge in [0.2, 0.25) is 5.91 Å². The molecule has 1 amide bonds. The molecular weight excluding hydrogens is 236 g/mol. The number of rotatable bonds is 5. The van der Waals surface area contributed by atoms with Crippen molar-refractivity contribution in [3.05, 3.63) is 0 Å². The summed E-state index contributed by atoms with van der Waals surface area (Å²) in [4.78, 5) is 11.8. The van der Waals surface area contributed by atoms with Crippen molar-refractivity contribution < 1.29 is 4.79 Å². The van der Waals surface area contributed by atoms with E-state index >= 15 is 0 Å². The fourth-order valence-electron chi connectivity index (χ4n) is 4.85. The molecule has 0 atom stereocenters. The van der Waals surface area contributed by atoms with Gasteiger partial charge in [-0.2, -0.15) is 0 Å². The van der Waals surface area contributed by atoms with E-state index in [1.165, 1.54) is 32.1 Å². The molecule has 4 aliphatic carbocycles. The Bertz CT molecular complexity index is 312. The first-order valence-electron chi connectivity index (χ1n) is 8.12. The molecule has 0 heterocycles. The summed E-state index contributed by atoms with van der Waals surface area (Å²) in [7, 11) is 0. The smallest absolute Gasteiger partial charge is 0.233 e. The number of amides is 1. The normalized spacial score (nSPS) is 39.8. The van der Waals surface area contributed by atoms with Crippen LogP contribution in [0.4, 0.5) is 0 Å². The van der Waals surface area contributed by atoms with Gasteiger partial charge in [0.1, 0.15) is 0 Å². The minimum atomic E-state index is 0.169. The van der Waals surface area contributed by atoms with Crippen molar-refractivity contribution in [2.45, 2.75) is 52.0 Å². The molecule has 0 saturated heterocycles. The lowest BCUT2D eigenvalue weighted by molar-refractivity contribution is -0.121. The number of nitrogens with one attached hydrogen (secondary N) is 2. The van der Waals surface area contributed by atoms with Crippen molar-refractivity contribution in [1.82, 2.24) is 10.6 Å². The molecule has 4 aliphatic rings. The van der Waals surface area contributed by atoms with Crippen molar-refractivity contribution >= 4 is 5.91 Å². The topological polar surface area (TPSA) is 41.1 Å². The molecule has 0 aromatic heterocycles. The molecule has 0 aliphatic heterocycles. The lowest BCUT2D eigenvalue weighted by atomic mass is 9.54. The van der Waals surface area contributed by atoms with Crippen molar-refractivity contribution in [1.29, 1.82) is 0 Å². The van der Waals surface area contributed by atoms with Crippen LogP contribution in [0.1, 0.15) is 46.0 Å². The third kappa shape index (κ3) is 2.96. The van der Waals surface area contributed by atoms with Crippen LogP contribution in [0.25, 0.3) is 0 Å². The zero-order valence-corrected chi connectivity index (χ0v) is 12.3. The van der Waals surface area contributed by atoms with Crippen molar-refractivity contribution in [2.24, 2.45) is 29.6 Å². The van der Waals surface area contributed by atoms with Gasteiger partial charge in [-0.1, -0.05) is 13.8 Å². The summed E-state index contributed by atoms with van der Waals surface area (Å²) in [6.45, 7) is 5.57. The maximum absolute atomic E-state index is 11.8. The summed E-state index contributed by atoms with van der Waals surface area (Å²) in [5, 5.41) is 6.58. The number of carbonyl (C=O) groups is 1. The van der Waals surface area contributed by atoms with E-state index in [0.717, 1.165) is 30.2 Å². The molecule has 3 heteroatoms. The Kier molecular flexibility index (Phi) is 3.84. The summed E-state index contributed by atoms with van der Waals surface area (Å²) in [6, 6.07) is 0.623. The first-order valence-corrected chi connectivity index (χ1v) is 8.12. The highest BCUT2D eigenvalue weighted by Gasteiger charge is 2.47. The second kappa shape index (κ2) is 5.43. The van der Waals surface area contributed by atoms with Crippen molar-refractivity contribution in [3.63, 3.8) is 0 Å². The van der Waals surface area contributed by atoms with Crippen LogP contribution < -0.4 is 10.6 Å². The van der Waals surface area contributed by atoms with Gasteiger partial charge in [-0.15, -0.1) is 0 Å². The highest BCUT2D eigenvalue weighted by atomic mass is 16.1. The van der Waals surface area contributed by atoms with Gasteiger partial charge in [0, 0.05) is 12.6 Å². The molecule has 0 radical (unpaired) electrons. The van der Waals surface area contributed by atoms with Crippen LogP contribution in [0.5, 0.6) is 0 Å². The van der Waals surface area contributed by atoms with Gasteiger partial charge >= 0.3 is 0 Å². The first kappa shape index (κ1) is 13.4. The van der Waals surface area contributed by atoms with E-state index in [0.29, 0.717) is 18.5 Å². The van der Waals surface area contributed by atoms with Gasteiger partial charge in [0.25, 0.3) is 0 Å². The lowest BCUT2D eigenvalue weighted by Crippen LogP contribution is -2.56. The van der Waals surface area contributed by atoms with Gasteiger partial charge in [0.15, 0.2) is 0 Å². The molecular formula is C16H28N2O. The highest BCUT2D eigenvalue weighted by molar-refractivity contribution is 5.78. The summed E-state index contributed by atoms with van der Waals surface area (Å²) < 4.78 is 0. The SMILES string of the molecule is CC(C)CNC(=O)CNC1C2CC3CC(C2)CC1C3. The molecule has 4 saturated carbocycles. The molecule has 3 nitrogen and oxygen atoms in total. The Morgan fingerprint density at radius 3 is 2.16 bits per heavy atom. The Balaban J connectivity index is 1.47. The average Bonchev–Trinajstić information content (AvgIpc) is 2.34. The third-order valence-electron chi connectivity index (χ3n) is 5.43. The Morgan fingerprint density at radius 2 is 1.63 bits per heavy atom. The number of carbonyl (C=O) groups excluding carboxylic acids is 1. The van der Waals surface area contributed by atoms with E-state index in [1.54, 1.807) is 0 Å². The van der Waals surface area contributed by atoms with Gasteiger partial charge in [-0.3, -0.25) is 4.79 Å². The molecule has 0 spiro atoms. The molecule has 4 fully saturated rings. The van der Waals surface area contributed by atoms with Gasteiger partial charge in [0.05, 0.1) is 6.54 Å². The molecule has 2 N–H and O–H groups in total. The van der Waals surface area contributed by atoms with E-state index in [4.69, 9.17) is 0 Å². The summed E-state index contributed by atoms with van der Waals surface area (Å²) >= 11 is 0. The van der Waals surface area contributed by atoms with Crippen LogP contribution in [0.3, 0.4) is 0 Å². The molecule has 0 aromatic rings. The van der Waals surface area contributed by atoms with Gasteiger partial charge in [-0.25, -0.2) is 0 Å². The van der Waals surface area contributed by atoms with Crippen LogP contribution in [0.15, 0.2) is 0 Å². The molecule has 4 bridgehead atoms. The fourth-order valence-corrected chi connectivity index (χ4v) is 4.85. The van der Waals surface area contributed by atoms with E-state index in [1.807, 2.05) is 0 Å². The van der Waals surface area contributed by atoms with Crippen molar-refractivity contribution in [3.8, 4) is 0 Å². The minimum absolute atomic E-state index is 0.169. The van der Waals surface area contributed by atoms with E-state index < -0.39 is 0 Å². The van der Waals surface area contributed by atoms with Crippen LogP contribution in [-0.4, -0.2) is 25.0 Å². The monoisotopic (exact) mass is 264 g/mol. The molecule has 4 rings (SSSR count). The minimum Gasteiger partial charge on any atom is -0.355 e. The molecule has 19 heavy (non-hydrogen) atoms. The van der Waals surface area contributed by atoms with Crippen LogP contribution in [0.2, 0.25) is 0 Å². The molecule has 108 valence electrons. The Hall–Kier alpha value is -0.570. The second-order valence-corrected chi connectivity index (χ2v) is 7.54. The number of hydrogen-bond acceptors (Lipinski definition) is 2. The lowest BCUT2D eigenvalue weighted by Gasteiger charge is -2.54. The average molecular weight is 264 g/mol. The van der Waals surface area contributed by atoms with Gasteiger partial charge < -0.3 is 10.6 Å². The van der Waals surface area contributed by atoms with E-state index in [9.17, 15) is 4.79 Å². The standard InChI is InChI=1S/C16H28N2O/c1-10(2)8-17-15(19)9-18-16-13-4-11-3-12(6-13)7-14(16)5-11/h10-14,16,18H,3-9H2,1-2H3,(H,17,19). The van der Waals surface area contributed by atoms with Crippen LogP contribution in [-0.2, 0) is 4.79 Å². The highest BCUT2D eigenvalue weighted by Crippen LogP contribution is 2.53.